The molecule has 0 radical (unpaired) electrons. The minimum absolute atomic E-state index is 0.00152. The monoisotopic (exact) mass is 461 g/mol. The molecule has 0 aliphatic carbocycles. The van der Waals surface area contributed by atoms with Crippen molar-refractivity contribution >= 4 is 11.9 Å². The van der Waals surface area contributed by atoms with E-state index in [2.05, 4.69) is 5.32 Å². The van der Waals surface area contributed by atoms with Gasteiger partial charge < -0.3 is 10.4 Å². The van der Waals surface area contributed by atoms with Gasteiger partial charge in [-0.25, -0.2) is 4.79 Å². The van der Waals surface area contributed by atoms with Gasteiger partial charge in [0, 0.05) is 12.0 Å². The number of benzene rings is 2. The Balaban J connectivity index is 2.34. The highest BCUT2D eigenvalue weighted by Crippen LogP contribution is 2.34. The molecule has 10 heteroatoms. The van der Waals surface area contributed by atoms with E-state index in [-0.39, 0.29) is 36.8 Å². The first-order valence-electron chi connectivity index (χ1n) is 9.70. The second-order valence-corrected chi connectivity index (χ2v) is 7.28. The average Bonchev–Trinajstić information content (AvgIpc) is 2.71. The third kappa shape index (κ3) is 6.73. The molecule has 0 aromatic heterocycles. The molecule has 2 aromatic rings. The molecule has 4 nitrogen and oxygen atoms in total. The minimum Gasteiger partial charge on any atom is -0.479 e. The van der Waals surface area contributed by atoms with Crippen LogP contribution in [-0.2, 0) is 16.5 Å². The molecule has 0 heterocycles. The van der Waals surface area contributed by atoms with Gasteiger partial charge >= 0.3 is 18.3 Å². The number of rotatable bonds is 9. The van der Waals surface area contributed by atoms with Crippen molar-refractivity contribution in [2.45, 2.75) is 50.0 Å². The largest absolute Gasteiger partial charge is 0.479 e. The van der Waals surface area contributed by atoms with Crippen LogP contribution in [0, 0.1) is 0 Å². The van der Waals surface area contributed by atoms with Gasteiger partial charge in [0.15, 0.2) is 5.54 Å². The standard InChI is InChI=1S/C22H21F6NO3/c23-21(24,25)14-6-2-5-13-20(19(31)32,29-18(30)15-7-3-1-4-8-15)16-9-11-17(12-10-16)22(26,27)28/h1,3-4,7-12H,2,5-6,13-14H2,(H,29,30)(H,31,32). The topological polar surface area (TPSA) is 66.4 Å². The smallest absolute Gasteiger partial charge is 0.416 e. The van der Waals surface area contributed by atoms with Crippen molar-refractivity contribution in [1.29, 1.82) is 0 Å². The molecule has 1 atom stereocenters. The molecule has 1 unspecified atom stereocenters. The van der Waals surface area contributed by atoms with Crippen LogP contribution in [0.5, 0.6) is 0 Å². The summed E-state index contributed by atoms with van der Waals surface area (Å²) in [7, 11) is 0. The van der Waals surface area contributed by atoms with Gasteiger partial charge in [-0.3, -0.25) is 4.79 Å². The molecular weight excluding hydrogens is 440 g/mol. The number of alkyl halides is 6. The fraction of sp³-hybridized carbons (Fsp3) is 0.364. The van der Waals surface area contributed by atoms with E-state index in [0.29, 0.717) is 12.1 Å². The fourth-order valence-electron chi connectivity index (χ4n) is 3.25. The summed E-state index contributed by atoms with van der Waals surface area (Å²) < 4.78 is 75.8. The van der Waals surface area contributed by atoms with Crippen LogP contribution in [0.25, 0.3) is 0 Å². The van der Waals surface area contributed by atoms with Crippen molar-refractivity contribution in [1.82, 2.24) is 5.32 Å². The molecule has 2 N–H and O–H groups in total. The molecule has 2 rings (SSSR count). The summed E-state index contributed by atoms with van der Waals surface area (Å²) in [5.74, 6) is -2.31. The lowest BCUT2D eigenvalue weighted by Gasteiger charge is -2.31. The third-order valence-corrected chi connectivity index (χ3v) is 4.95. The summed E-state index contributed by atoms with van der Waals surface area (Å²) in [6.45, 7) is 0. The SMILES string of the molecule is O=C(NC(CCCCCC(F)(F)F)(C(=O)O)c1ccc(C(F)(F)F)cc1)c1ccccc1. The quantitative estimate of drug-likeness (QED) is 0.360. The Morgan fingerprint density at radius 2 is 1.28 bits per heavy atom. The van der Waals surface area contributed by atoms with Crippen molar-refractivity contribution in [3.63, 3.8) is 0 Å². The second kappa shape index (κ2) is 10.1. The molecule has 1 amide bonds. The summed E-state index contributed by atoms with van der Waals surface area (Å²) >= 11 is 0. The van der Waals surface area contributed by atoms with Crippen LogP contribution in [0.1, 0.15) is 53.6 Å². The van der Waals surface area contributed by atoms with E-state index in [0.717, 1.165) is 12.1 Å². The lowest BCUT2D eigenvalue weighted by molar-refractivity contribution is -0.145. The first-order chi connectivity index (χ1) is 14.8. The maximum Gasteiger partial charge on any atom is 0.416 e. The number of carbonyl (C=O) groups excluding carboxylic acids is 1. The molecule has 0 fully saturated rings. The molecule has 0 spiro atoms. The predicted molar refractivity (Wildman–Crippen MR) is 104 cm³/mol. The number of hydrogen-bond acceptors (Lipinski definition) is 2. The number of nitrogens with one attached hydrogen (secondary N) is 1. The fourth-order valence-corrected chi connectivity index (χ4v) is 3.25. The first kappa shape index (κ1) is 25.2. The number of amides is 1. The van der Waals surface area contributed by atoms with E-state index >= 15 is 0 Å². The second-order valence-electron chi connectivity index (χ2n) is 7.28. The Labute approximate surface area is 180 Å². The van der Waals surface area contributed by atoms with Crippen LogP contribution in [0.2, 0.25) is 0 Å². The van der Waals surface area contributed by atoms with Crippen LogP contribution in [0.4, 0.5) is 26.3 Å². The summed E-state index contributed by atoms with van der Waals surface area (Å²) in [6.07, 6.45) is -10.5. The van der Waals surface area contributed by atoms with E-state index in [9.17, 15) is 41.0 Å². The van der Waals surface area contributed by atoms with Crippen molar-refractivity contribution < 1.29 is 41.0 Å². The first-order valence-corrected chi connectivity index (χ1v) is 9.70. The number of carbonyl (C=O) groups is 2. The highest BCUT2D eigenvalue weighted by atomic mass is 19.4. The van der Waals surface area contributed by atoms with Crippen LogP contribution in [0.15, 0.2) is 54.6 Å². The molecule has 2 aromatic carbocycles. The van der Waals surface area contributed by atoms with Gasteiger partial charge in [0.25, 0.3) is 5.91 Å². The van der Waals surface area contributed by atoms with Gasteiger partial charge in [-0.1, -0.05) is 43.2 Å². The van der Waals surface area contributed by atoms with Crippen molar-refractivity contribution in [3.8, 4) is 0 Å². The van der Waals surface area contributed by atoms with Crippen molar-refractivity contribution in [2.24, 2.45) is 0 Å². The zero-order chi connectivity index (χ0) is 24.0. The summed E-state index contributed by atoms with van der Waals surface area (Å²) in [6, 6.07) is 10.9. The summed E-state index contributed by atoms with van der Waals surface area (Å²) in [4.78, 5) is 25.0. The Bertz CT molecular complexity index is 910. The van der Waals surface area contributed by atoms with Gasteiger partial charge in [-0.15, -0.1) is 0 Å². The third-order valence-electron chi connectivity index (χ3n) is 4.95. The Hall–Kier alpha value is -3.04. The molecule has 0 aliphatic rings. The number of unbranched alkanes of at least 4 members (excludes halogenated alkanes) is 2. The molecule has 32 heavy (non-hydrogen) atoms. The number of carboxylic acids is 1. The predicted octanol–water partition coefficient (Wildman–Crippen LogP) is 5.93. The van der Waals surface area contributed by atoms with Gasteiger partial charge in [-0.05, 0) is 42.7 Å². The lowest BCUT2D eigenvalue weighted by Crippen LogP contribution is -2.52. The molecule has 0 saturated heterocycles. The molecular formula is C22H21F6NO3. The van der Waals surface area contributed by atoms with Crippen LogP contribution in [0.3, 0.4) is 0 Å². The summed E-state index contributed by atoms with van der Waals surface area (Å²) in [5.41, 5.74) is -3.10. The molecule has 174 valence electrons. The van der Waals surface area contributed by atoms with Crippen molar-refractivity contribution in [2.75, 3.05) is 0 Å². The highest BCUT2D eigenvalue weighted by molar-refractivity contribution is 5.98. The zero-order valence-corrected chi connectivity index (χ0v) is 16.8. The molecule has 0 aliphatic heterocycles. The van der Waals surface area contributed by atoms with E-state index in [1.807, 2.05) is 0 Å². The maximum atomic E-state index is 12.9. The van der Waals surface area contributed by atoms with E-state index in [1.54, 1.807) is 18.2 Å². The highest BCUT2D eigenvalue weighted by Gasteiger charge is 2.42. The minimum atomic E-state index is -4.64. The van der Waals surface area contributed by atoms with E-state index in [4.69, 9.17) is 0 Å². The maximum absolute atomic E-state index is 12.9. The number of aliphatic carboxylic acids is 1. The van der Waals surface area contributed by atoms with E-state index in [1.165, 1.54) is 12.1 Å². The molecule has 0 saturated carbocycles. The number of carboxylic acid groups (broad SMARTS) is 1. The average molecular weight is 461 g/mol. The number of hydrogen-bond donors (Lipinski definition) is 2. The Morgan fingerprint density at radius 1 is 0.750 bits per heavy atom. The van der Waals surface area contributed by atoms with Gasteiger partial charge in [0.1, 0.15) is 0 Å². The Morgan fingerprint density at radius 3 is 1.78 bits per heavy atom. The van der Waals surface area contributed by atoms with E-state index < -0.39 is 41.8 Å². The molecule has 0 bridgehead atoms. The van der Waals surface area contributed by atoms with Crippen LogP contribution >= 0.6 is 0 Å². The summed E-state index contributed by atoms with van der Waals surface area (Å²) in [5, 5.41) is 12.4. The van der Waals surface area contributed by atoms with Crippen LogP contribution in [-0.4, -0.2) is 23.2 Å². The lowest BCUT2D eigenvalue weighted by atomic mass is 9.83. The van der Waals surface area contributed by atoms with Gasteiger partial charge in [0.05, 0.1) is 5.56 Å². The van der Waals surface area contributed by atoms with Gasteiger partial charge in [-0.2, -0.15) is 26.3 Å². The van der Waals surface area contributed by atoms with Gasteiger partial charge in [0.2, 0.25) is 0 Å². The zero-order valence-electron chi connectivity index (χ0n) is 16.8. The van der Waals surface area contributed by atoms with Crippen LogP contribution < -0.4 is 5.32 Å². The number of halogens is 6. The Kier molecular flexibility index (Phi) is 7.92. The van der Waals surface area contributed by atoms with Crippen molar-refractivity contribution in [3.05, 3.63) is 71.3 Å². The normalized spacial score (nSPS) is 13.9.